The highest BCUT2D eigenvalue weighted by Crippen LogP contribution is 2.21. The molecule has 0 atom stereocenters. The largest absolute Gasteiger partial charge is 0.361 e. The molecule has 7 nitrogen and oxygen atoms in total. The second-order valence-electron chi connectivity index (χ2n) is 5.43. The molecule has 0 spiro atoms. The topological polar surface area (TPSA) is 93.8 Å². The molecule has 1 amide bonds. The van der Waals surface area contributed by atoms with Crippen LogP contribution in [0.25, 0.3) is 22.4 Å². The lowest BCUT2D eigenvalue weighted by atomic mass is 10.2. The lowest BCUT2D eigenvalue weighted by Crippen LogP contribution is -2.12. The van der Waals surface area contributed by atoms with E-state index in [1.165, 1.54) is 6.20 Å². The first-order chi connectivity index (χ1) is 12.2. The number of benzene rings is 1. The molecule has 0 aliphatic heterocycles. The van der Waals surface area contributed by atoms with E-state index in [0.717, 1.165) is 10.9 Å². The lowest BCUT2D eigenvalue weighted by Gasteiger charge is -2.06. The highest BCUT2D eigenvalue weighted by Gasteiger charge is 2.13. The molecule has 3 aromatic heterocycles. The van der Waals surface area contributed by atoms with Crippen LogP contribution in [0.5, 0.6) is 0 Å². The van der Waals surface area contributed by atoms with E-state index in [2.05, 4.69) is 25.4 Å². The van der Waals surface area contributed by atoms with Crippen LogP contribution < -0.4 is 5.32 Å². The summed E-state index contributed by atoms with van der Waals surface area (Å²) in [5.74, 6) is 0.724. The van der Waals surface area contributed by atoms with E-state index in [0.29, 0.717) is 28.5 Å². The molecule has 0 saturated heterocycles. The highest BCUT2D eigenvalue weighted by atomic mass is 16.5. The Morgan fingerprint density at radius 1 is 1.12 bits per heavy atom. The molecular weight excluding hydrogens is 318 g/mol. The zero-order valence-electron chi connectivity index (χ0n) is 13.3. The van der Waals surface area contributed by atoms with Crippen LogP contribution in [0, 0.1) is 6.92 Å². The summed E-state index contributed by atoms with van der Waals surface area (Å²) >= 11 is 0. The van der Waals surface area contributed by atoms with E-state index in [4.69, 9.17) is 4.52 Å². The summed E-state index contributed by atoms with van der Waals surface area (Å²) in [5.41, 5.74) is 2.44. The molecule has 0 fully saturated rings. The summed E-state index contributed by atoms with van der Waals surface area (Å²) < 4.78 is 4.92. The van der Waals surface area contributed by atoms with Gasteiger partial charge in [0.2, 0.25) is 0 Å². The highest BCUT2D eigenvalue weighted by molar-refractivity contribution is 6.05. The maximum atomic E-state index is 12.3. The summed E-state index contributed by atoms with van der Waals surface area (Å²) in [6.45, 7) is 1.69. The van der Waals surface area contributed by atoms with Crippen molar-refractivity contribution in [1.82, 2.24) is 20.1 Å². The minimum absolute atomic E-state index is 0.280. The molecule has 0 aliphatic carbocycles. The summed E-state index contributed by atoms with van der Waals surface area (Å²) in [7, 11) is 0. The fourth-order valence-corrected chi connectivity index (χ4v) is 2.43. The molecule has 1 N–H and O–H groups in total. The van der Waals surface area contributed by atoms with Crippen molar-refractivity contribution in [3.05, 3.63) is 66.3 Å². The first-order valence-electron chi connectivity index (χ1n) is 7.61. The molecule has 0 saturated carbocycles. The Hall–Kier alpha value is -3.61. The number of hydrogen-bond donors (Lipinski definition) is 1. The molecule has 122 valence electrons. The number of carbonyl (C=O) groups excluding carboxylic acids is 1. The molecule has 0 bridgehead atoms. The molecule has 25 heavy (non-hydrogen) atoms. The Morgan fingerprint density at radius 2 is 2.04 bits per heavy atom. The van der Waals surface area contributed by atoms with Gasteiger partial charge in [-0.25, -0.2) is 9.97 Å². The maximum Gasteiger partial charge on any atom is 0.260 e. The van der Waals surface area contributed by atoms with Gasteiger partial charge >= 0.3 is 0 Å². The Morgan fingerprint density at radius 3 is 2.80 bits per heavy atom. The lowest BCUT2D eigenvalue weighted by molar-refractivity contribution is 0.102. The summed E-state index contributed by atoms with van der Waals surface area (Å²) in [5, 5.41) is 7.31. The van der Waals surface area contributed by atoms with E-state index < -0.39 is 0 Å². The van der Waals surface area contributed by atoms with E-state index >= 15 is 0 Å². The quantitative estimate of drug-likeness (QED) is 0.619. The average Bonchev–Trinajstić information content (AvgIpc) is 3.08. The van der Waals surface area contributed by atoms with Crippen LogP contribution in [0.15, 0.2) is 59.5 Å². The van der Waals surface area contributed by atoms with Crippen molar-refractivity contribution >= 4 is 22.5 Å². The Labute approximate surface area is 142 Å². The predicted octanol–water partition coefficient (Wildman–Crippen LogP) is 3.24. The van der Waals surface area contributed by atoms with Gasteiger partial charge in [0.1, 0.15) is 17.0 Å². The van der Waals surface area contributed by atoms with Crippen LogP contribution in [0.1, 0.15) is 16.1 Å². The standard InChI is InChI=1S/C18H13N5O2/c1-11-14(10-21-25-11)18(24)22-13-6-5-12-9-20-17(23-16(12)8-13)15-4-2-3-7-19-15/h2-10H,1H3,(H,22,24). The van der Waals surface area contributed by atoms with Gasteiger partial charge in [0.05, 0.1) is 11.7 Å². The number of aryl methyl sites for hydroxylation is 1. The fraction of sp³-hybridized carbons (Fsp3) is 0.0556. The number of nitrogens with one attached hydrogen (secondary N) is 1. The first-order valence-corrected chi connectivity index (χ1v) is 7.61. The van der Waals surface area contributed by atoms with Gasteiger partial charge in [-0.3, -0.25) is 9.78 Å². The summed E-state index contributed by atoms with van der Waals surface area (Å²) in [6, 6.07) is 11.0. The zero-order chi connectivity index (χ0) is 17.2. The van der Waals surface area contributed by atoms with Crippen molar-refractivity contribution in [2.45, 2.75) is 6.92 Å². The number of carbonyl (C=O) groups is 1. The number of hydrogen-bond acceptors (Lipinski definition) is 6. The number of nitrogens with zero attached hydrogens (tertiary/aromatic N) is 4. The van der Waals surface area contributed by atoms with Crippen LogP contribution >= 0.6 is 0 Å². The summed E-state index contributed by atoms with van der Waals surface area (Å²) in [6.07, 6.45) is 4.83. The van der Waals surface area contributed by atoms with Crippen LogP contribution in [-0.2, 0) is 0 Å². The van der Waals surface area contributed by atoms with Crippen LogP contribution in [-0.4, -0.2) is 26.0 Å². The first kappa shape index (κ1) is 14.9. The van der Waals surface area contributed by atoms with Crippen LogP contribution in [0.3, 0.4) is 0 Å². The third-order valence-electron chi connectivity index (χ3n) is 3.73. The van der Waals surface area contributed by atoms with Gasteiger partial charge in [-0.05, 0) is 37.3 Å². The van der Waals surface area contributed by atoms with Gasteiger partial charge in [-0.2, -0.15) is 0 Å². The number of fused-ring (bicyclic) bond motifs is 1. The Balaban J connectivity index is 1.67. The van der Waals surface area contributed by atoms with Crippen LogP contribution in [0.2, 0.25) is 0 Å². The van der Waals surface area contributed by atoms with Gasteiger partial charge in [-0.1, -0.05) is 11.2 Å². The van der Waals surface area contributed by atoms with Crippen molar-refractivity contribution in [1.29, 1.82) is 0 Å². The smallest absolute Gasteiger partial charge is 0.260 e. The van der Waals surface area contributed by atoms with Gasteiger partial charge in [0, 0.05) is 23.5 Å². The SMILES string of the molecule is Cc1oncc1C(=O)Nc1ccc2cnc(-c3ccccn3)nc2c1. The summed E-state index contributed by atoms with van der Waals surface area (Å²) in [4.78, 5) is 25.4. The number of amides is 1. The maximum absolute atomic E-state index is 12.3. The molecule has 0 aliphatic rings. The Kier molecular flexibility index (Phi) is 3.66. The minimum Gasteiger partial charge on any atom is -0.361 e. The number of pyridine rings is 1. The molecule has 4 aromatic rings. The molecule has 4 rings (SSSR count). The zero-order valence-corrected chi connectivity index (χ0v) is 13.3. The van der Waals surface area contributed by atoms with E-state index in [9.17, 15) is 4.79 Å². The molecule has 0 unspecified atom stereocenters. The van der Waals surface area contributed by atoms with Crippen molar-refractivity contribution < 1.29 is 9.32 Å². The van der Waals surface area contributed by atoms with Gasteiger partial charge < -0.3 is 9.84 Å². The minimum atomic E-state index is -0.280. The second kappa shape index (κ2) is 6.12. The van der Waals surface area contributed by atoms with Gasteiger partial charge in [0.25, 0.3) is 5.91 Å². The molecule has 3 heterocycles. The number of rotatable bonds is 3. The molecular formula is C18H13N5O2. The van der Waals surface area contributed by atoms with Crippen molar-refractivity contribution in [3.63, 3.8) is 0 Å². The molecule has 0 radical (unpaired) electrons. The number of anilines is 1. The van der Waals surface area contributed by atoms with Crippen molar-refractivity contribution in [2.24, 2.45) is 0 Å². The third-order valence-corrected chi connectivity index (χ3v) is 3.73. The van der Waals surface area contributed by atoms with Crippen LogP contribution in [0.4, 0.5) is 5.69 Å². The molecule has 7 heteroatoms. The average molecular weight is 331 g/mol. The van der Waals surface area contributed by atoms with Gasteiger partial charge in [-0.15, -0.1) is 0 Å². The fourth-order valence-electron chi connectivity index (χ4n) is 2.43. The van der Waals surface area contributed by atoms with Crippen molar-refractivity contribution in [3.8, 4) is 11.5 Å². The predicted molar refractivity (Wildman–Crippen MR) is 92.0 cm³/mol. The van der Waals surface area contributed by atoms with Crippen molar-refractivity contribution in [2.75, 3.05) is 5.32 Å². The van der Waals surface area contributed by atoms with E-state index in [1.54, 1.807) is 31.5 Å². The monoisotopic (exact) mass is 331 g/mol. The molecule has 1 aromatic carbocycles. The van der Waals surface area contributed by atoms with Gasteiger partial charge in [0.15, 0.2) is 5.82 Å². The van der Waals surface area contributed by atoms with E-state index in [1.807, 2.05) is 24.3 Å². The third kappa shape index (κ3) is 2.94. The normalized spacial score (nSPS) is 10.8. The van der Waals surface area contributed by atoms with E-state index in [-0.39, 0.29) is 5.91 Å². The number of aromatic nitrogens is 4. The Bertz CT molecular complexity index is 1060. The second-order valence-corrected chi connectivity index (χ2v) is 5.43.